The number of hydrogen-bond donors (Lipinski definition) is 3. The number of aromatic nitrogens is 2. The zero-order valence-electron chi connectivity index (χ0n) is 22.6. The lowest BCUT2D eigenvalue weighted by Crippen LogP contribution is -2.54. The molecule has 1 saturated heterocycles. The second-order valence-electron chi connectivity index (χ2n) is 10.4. The van der Waals surface area contributed by atoms with Crippen molar-refractivity contribution in [2.75, 3.05) is 12.8 Å². The number of aromatic amines is 1. The summed E-state index contributed by atoms with van der Waals surface area (Å²) in [5, 5.41) is 22.0. The molecule has 0 bridgehead atoms. The second-order valence-corrected chi connectivity index (χ2v) is 12.4. The summed E-state index contributed by atoms with van der Waals surface area (Å²) >= 11 is 0. The first kappa shape index (κ1) is 31.6. The zero-order valence-corrected chi connectivity index (χ0v) is 23.5. The Morgan fingerprint density at radius 2 is 1.88 bits per heavy atom. The molecule has 0 saturated carbocycles. The van der Waals surface area contributed by atoms with Crippen LogP contribution >= 0.6 is 7.60 Å². The number of para-hydroxylation sites is 1. The Kier molecular flexibility index (Phi) is 9.42. The highest BCUT2D eigenvalue weighted by Gasteiger charge is 2.62. The van der Waals surface area contributed by atoms with Gasteiger partial charge in [0.1, 0.15) is 30.2 Å². The highest BCUT2D eigenvalue weighted by atomic mass is 31.2. The monoisotopic (exact) mass is 590 g/mol. The third-order valence-electron chi connectivity index (χ3n) is 6.19. The zero-order chi connectivity index (χ0) is 30.0. The first-order valence-corrected chi connectivity index (χ1v) is 14.1. The fraction of sp³-hybridized carbons (Fsp3) is 0.560. The van der Waals surface area contributed by atoms with Crippen molar-refractivity contribution >= 4 is 13.6 Å². The molecule has 6 atom stereocenters. The van der Waals surface area contributed by atoms with Crippen LogP contribution in [0, 0.1) is 11.7 Å². The standard InChI is InChI=1S/C25H33F2N2O10P/c1-14(2)36-21(32)15(3)12-40(35,38-16-9-7-6-8-10-16)39-24(4,5)19-18(30)25(34,13-26)22(37-19)29-11-17(27)20(31)28-23(29)33/h6-11,14-15,18-19,22,30,34H,12-13H2,1-5H3,(H,28,31,33)/t15-,18+,19+,22-,25?,40+/m1/s1. The number of carbonyl (C=O) groups excluding carboxylic acids is 1. The normalized spacial score (nSPS) is 25.4. The molecule has 1 aromatic heterocycles. The lowest BCUT2D eigenvalue weighted by Gasteiger charge is -2.36. The minimum Gasteiger partial charge on any atom is -0.463 e. The summed E-state index contributed by atoms with van der Waals surface area (Å²) < 4.78 is 65.1. The van der Waals surface area contributed by atoms with Crippen molar-refractivity contribution in [3.8, 4) is 5.75 Å². The Hall–Kier alpha value is -2.90. The number of esters is 1. The molecule has 1 fully saturated rings. The number of benzene rings is 1. The number of ether oxygens (including phenoxy) is 2. The van der Waals surface area contributed by atoms with Crippen LogP contribution < -0.4 is 15.8 Å². The molecule has 3 rings (SSSR count). The van der Waals surface area contributed by atoms with Crippen molar-refractivity contribution in [3.05, 3.63) is 63.2 Å². The fourth-order valence-electron chi connectivity index (χ4n) is 4.27. The van der Waals surface area contributed by atoms with Crippen molar-refractivity contribution in [1.29, 1.82) is 0 Å². The molecule has 0 aliphatic carbocycles. The SMILES string of the molecule is CC(C)OC(=O)[C@H](C)C[P@](=O)(Oc1ccccc1)OC(C)(C)[C@H]1O[C@@H](n2cc(F)c(=O)[nH]c2=O)C(O)(CF)[C@H]1O. The second kappa shape index (κ2) is 11.9. The van der Waals surface area contributed by atoms with Gasteiger partial charge in [-0.05, 0) is 39.8 Å². The highest BCUT2D eigenvalue weighted by Crippen LogP contribution is 2.55. The molecule has 1 unspecified atom stereocenters. The topological polar surface area (TPSA) is 166 Å². The van der Waals surface area contributed by atoms with Gasteiger partial charge in [0.05, 0.1) is 24.4 Å². The smallest absolute Gasteiger partial charge is 0.380 e. The van der Waals surface area contributed by atoms with E-state index in [2.05, 4.69) is 0 Å². The third-order valence-corrected chi connectivity index (χ3v) is 8.42. The predicted molar refractivity (Wildman–Crippen MR) is 137 cm³/mol. The molecule has 1 aromatic carbocycles. The summed E-state index contributed by atoms with van der Waals surface area (Å²) in [6, 6.07) is 7.90. The van der Waals surface area contributed by atoms with Gasteiger partial charge in [-0.3, -0.25) is 23.7 Å². The van der Waals surface area contributed by atoms with Crippen LogP contribution in [0.2, 0.25) is 0 Å². The Balaban J connectivity index is 1.98. The number of nitrogens with zero attached hydrogens (tertiary/aromatic N) is 1. The van der Waals surface area contributed by atoms with Crippen molar-refractivity contribution in [2.45, 2.75) is 70.4 Å². The Labute approximate surface area is 228 Å². The van der Waals surface area contributed by atoms with Crippen LogP contribution in [0.4, 0.5) is 8.78 Å². The molecular weight excluding hydrogens is 557 g/mol. The molecule has 1 aliphatic heterocycles. The number of alkyl halides is 1. The molecule has 222 valence electrons. The van der Waals surface area contributed by atoms with E-state index in [1.165, 1.54) is 32.9 Å². The van der Waals surface area contributed by atoms with Crippen molar-refractivity contribution in [2.24, 2.45) is 5.92 Å². The largest absolute Gasteiger partial charge is 0.463 e. The van der Waals surface area contributed by atoms with Gasteiger partial charge in [-0.15, -0.1) is 0 Å². The number of aliphatic hydroxyl groups excluding tert-OH is 1. The van der Waals surface area contributed by atoms with Gasteiger partial charge in [-0.25, -0.2) is 13.8 Å². The first-order valence-electron chi connectivity index (χ1n) is 12.4. The van der Waals surface area contributed by atoms with Gasteiger partial charge >= 0.3 is 19.3 Å². The number of hydrogen-bond acceptors (Lipinski definition) is 10. The number of nitrogens with one attached hydrogen (secondary N) is 1. The molecular formula is C25H33F2N2O10P. The number of aliphatic hydroxyl groups is 2. The van der Waals surface area contributed by atoms with E-state index < -0.39 is 85.1 Å². The highest BCUT2D eigenvalue weighted by molar-refractivity contribution is 7.54. The molecule has 0 amide bonds. The minimum atomic E-state index is -4.30. The van der Waals surface area contributed by atoms with E-state index >= 15 is 0 Å². The van der Waals surface area contributed by atoms with Crippen LogP contribution in [0.25, 0.3) is 0 Å². The van der Waals surface area contributed by atoms with Crippen LogP contribution in [0.1, 0.15) is 40.8 Å². The number of H-pyrrole nitrogens is 1. The predicted octanol–water partition coefficient (Wildman–Crippen LogP) is 2.29. The van der Waals surface area contributed by atoms with E-state index in [0.717, 1.165) is 0 Å². The average molecular weight is 591 g/mol. The Morgan fingerprint density at radius 3 is 2.45 bits per heavy atom. The Bertz CT molecular complexity index is 1370. The van der Waals surface area contributed by atoms with E-state index in [1.54, 1.807) is 37.0 Å². The number of halogens is 2. The molecule has 12 nitrogen and oxygen atoms in total. The van der Waals surface area contributed by atoms with E-state index in [9.17, 15) is 37.9 Å². The third kappa shape index (κ3) is 6.69. The summed E-state index contributed by atoms with van der Waals surface area (Å²) in [5.41, 5.74) is -7.25. The molecule has 0 spiro atoms. The summed E-state index contributed by atoms with van der Waals surface area (Å²) in [7, 11) is -4.30. The van der Waals surface area contributed by atoms with Crippen molar-refractivity contribution in [3.63, 3.8) is 0 Å². The summed E-state index contributed by atoms with van der Waals surface area (Å²) in [6.07, 6.45) is -6.31. The summed E-state index contributed by atoms with van der Waals surface area (Å²) in [5.74, 6) is -2.94. The van der Waals surface area contributed by atoms with Crippen LogP contribution in [0.5, 0.6) is 5.75 Å². The van der Waals surface area contributed by atoms with Gasteiger partial charge in [0.15, 0.2) is 11.8 Å². The minimum absolute atomic E-state index is 0.132. The summed E-state index contributed by atoms with van der Waals surface area (Å²) in [6.45, 7) is 5.69. The molecule has 2 aromatic rings. The lowest BCUT2D eigenvalue weighted by atomic mass is 9.88. The molecule has 1 aliphatic rings. The van der Waals surface area contributed by atoms with Crippen LogP contribution in [-0.4, -0.2) is 68.1 Å². The molecule has 15 heteroatoms. The Morgan fingerprint density at radius 1 is 1.25 bits per heavy atom. The van der Waals surface area contributed by atoms with E-state index in [1.807, 2.05) is 0 Å². The number of rotatable bonds is 11. The average Bonchev–Trinajstić information content (AvgIpc) is 3.12. The molecule has 0 radical (unpaired) electrons. The fourth-order valence-corrected chi connectivity index (χ4v) is 6.54. The maximum atomic E-state index is 14.2. The quantitative estimate of drug-likeness (QED) is 0.261. The van der Waals surface area contributed by atoms with Gasteiger partial charge in [-0.1, -0.05) is 25.1 Å². The van der Waals surface area contributed by atoms with Crippen molar-refractivity contribution < 1.29 is 46.9 Å². The molecule has 3 N–H and O–H groups in total. The van der Waals surface area contributed by atoms with Crippen LogP contribution in [-0.2, 0) is 23.4 Å². The van der Waals surface area contributed by atoms with Gasteiger partial charge in [0.25, 0.3) is 5.56 Å². The van der Waals surface area contributed by atoms with Crippen molar-refractivity contribution in [1.82, 2.24) is 9.55 Å². The maximum absolute atomic E-state index is 14.2. The van der Waals surface area contributed by atoms with Gasteiger partial charge < -0.3 is 24.2 Å². The molecule has 40 heavy (non-hydrogen) atoms. The van der Waals surface area contributed by atoms with E-state index in [0.29, 0.717) is 10.8 Å². The lowest BCUT2D eigenvalue weighted by molar-refractivity contribution is -0.151. The van der Waals surface area contributed by atoms with E-state index in [-0.39, 0.29) is 5.75 Å². The van der Waals surface area contributed by atoms with Gasteiger partial charge in [0, 0.05) is 0 Å². The summed E-state index contributed by atoms with van der Waals surface area (Å²) in [4.78, 5) is 38.0. The van der Waals surface area contributed by atoms with Gasteiger partial charge in [-0.2, -0.15) is 4.39 Å². The first-order chi connectivity index (χ1) is 18.5. The van der Waals surface area contributed by atoms with Gasteiger partial charge in [0.2, 0.25) is 5.82 Å². The van der Waals surface area contributed by atoms with Crippen LogP contribution in [0.3, 0.4) is 0 Å². The maximum Gasteiger partial charge on any atom is 0.380 e. The number of carbonyl (C=O) groups is 1. The van der Waals surface area contributed by atoms with E-state index in [4.69, 9.17) is 18.5 Å². The van der Waals surface area contributed by atoms with Crippen LogP contribution in [0.15, 0.2) is 46.1 Å². The molecule has 2 heterocycles.